The highest BCUT2D eigenvalue weighted by molar-refractivity contribution is 5.24. The van der Waals surface area contributed by atoms with E-state index in [0.29, 0.717) is 5.92 Å². The van der Waals surface area contributed by atoms with E-state index in [9.17, 15) is 5.11 Å². The quantitative estimate of drug-likeness (QED) is 0.746. The number of aryl methyl sites for hydroxylation is 1. The third kappa shape index (κ3) is 2.73. The van der Waals surface area contributed by atoms with E-state index in [0.717, 1.165) is 18.4 Å². The molecule has 0 amide bonds. The van der Waals surface area contributed by atoms with Gasteiger partial charge in [0.1, 0.15) is 0 Å². The molecule has 0 bridgehead atoms. The van der Waals surface area contributed by atoms with E-state index in [4.69, 9.17) is 0 Å². The van der Waals surface area contributed by atoms with Crippen LogP contribution in [0.4, 0.5) is 0 Å². The summed E-state index contributed by atoms with van der Waals surface area (Å²) in [6.45, 7) is 2.07. The van der Waals surface area contributed by atoms with E-state index in [1.54, 1.807) is 0 Å². The molecule has 1 nitrogen and oxygen atoms in total. The monoisotopic (exact) mass is 216 g/mol. The zero-order valence-corrected chi connectivity index (χ0v) is 9.89. The molecule has 2 atom stereocenters. The molecule has 0 fully saturated rings. The minimum absolute atomic E-state index is 0.296. The van der Waals surface area contributed by atoms with Crippen molar-refractivity contribution < 1.29 is 5.11 Å². The number of benzene rings is 1. The van der Waals surface area contributed by atoms with E-state index in [-0.39, 0.29) is 6.10 Å². The average Bonchev–Trinajstić information content (AvgIpc) is 2.57. The van der Waals surface area contributed by atoms with E-state index >= 15 is 0 Å². The van der Waals surface area contributed by atoms with Crippen LogP contribution in [0.1, 0.15) is 42.9 Å². The van der Waals surface area contributed by atoms with Crippen molar-refractivity contribution in [3.63, 3.8) is 0 Å². The Bertz CT molecular complexity index is 350. The van der Waals surface area contributed by atoms with Gasteiger partial charge in [0.05, 0.1) is 6.10 Å². The van der Waals surface area contributed by atoms with E-state index in [1.165, 1.54) is 18.4 Å². The SMILES string of the molecule is Cc1ccc([C@@H](O)[C@H]2C=CCCCC2)cc1. The van der Waals surface area contributed by atoms with Crippen molar-refractivity contribution >= 4 is 0 Å². The lowest BCUT2D eigenvalue weighted by Crippen LogP contribution is -2.09. The van der Waals surface area contributed by atoms with Crippen molar-refractivity contribution in [2.75, 3.05) is 0 Å². The summed E-state index contributed by atoms with van der Waals surface area (Å²) in [4.78, 5) is 0. The molecule has 1 aliphatic rings. The summed E-state index contributed by atoms with van der Waals surface area (Å²) in [5, 5.41) is 10.3. The van der Waals surface area contributed by atoms with Crippen molar-refractivity contribution in [2.45, 2.75) is 38.7 Å². The maximum absolute atomic E-state index is 10.3. The molecule has 0 spiro atoms. The molecular weight excluding hydrogens is 196 g/mol. The summed E-state index contributed by atoms with van der Waals surface area (Å²) in [7, 11) is 0. The fraction of sp³-hybridized carbons (Fsp3) is 0.467. The first kappa shape index (κ1) is 11.4. The standard InChI is InChI=1S/C15H20O/c1-12-8-10-14(11-9-12)15(16)13-6-4-2-3-5-7-13/h4,6,8-11,13,15-16H,2-3,5,7H2,1H3/t13-,15-/m0/s1. The Morgan fingerprint density at radius 2 is 1.94 bits per heavy atom. The molecule has 1 N–H and O–H groups in total. The molecule has 2 rings (SSSR count). The smallest absolute Gasteiger partial charge is 0.0852 e. The highest BCUT2D eigenvalue weighted by Crippen LogP contribution is 2.29. The van der Waals surface area contributed by atoms with Crippen molar-refractivity contribution in [3.8, 4) is 0 Å². The van der Waals surface area contributed by atoms with Crippen LogP contribution in [0, 0.1) is 12.8 Å². The summed E-state index contributed by atoms with van der Waals surface area (Å²) in [6, 6.07) is 8.22. The molecule has 0 unspecified atom stereocenters. The van der Waals surface area contributed by atoms with Crippen LogP contribution in [0.2, 0.25) is 0 Å². The van der Waals surface area contributed by atoms with Crippen LogP contribution in [0.25, 0.3) is 0 Å². The minimum Gasteiger partial charge on any atom is -0.388 e. The predicted octanol–water partition coefficient (Wildman–Crippen LogP) is 3.77. The van der Waals surface area contributed by atoms with Gasteiger partial charge in [-0.1, -0.05) is 48.4 Å². The zero-order valence-electron chi connectivity index (χ0n) is 9.89. The Labute approximate surface area is 97.8 Å². The fourth-order valence-corrected chi connectivity index (χ4v) is 2.28. The van der Waals surface area contributed by atoms with Gasteiger partial charge in [0.15, 0.2) is 0 Å². The number of allylic oxidation sites excluding steroid dienone is 1. The molecule has 0 aromatic heterocycles. The second-order valence-electron chi connectivity index (χ2n) is 4.73. The Morgan fingerprint density at radius 1 is 1.19 bits per heavy atom. The van der Waals surface area contributed by atoms with Crippen molar-refractivity contribution in [1.29, 1.82) is 0 Å². The molecule has 16 heavy (non-hydrogen) atoms. The van der Waals surface area contributed by atoms with Gasteiger partial charge in [-0.05, 0) is 31.7 Å². The highest BCUT2D eigenvalue weighted by atomic mass is 16.3. The molecule has 86 valence electrons. The number of rotatable bonds is 2. The summed E-state index contributed by atoms with van der Waals surface area (Å²) < 4.78 is 0. The van der Waals surface area contributed by atoms with Crippen LogP contribution in [-0.2, 0) is 0 Å². The summed E-state index contributed by atoms with van der Waals surface area (Å²) in [5.74, 6) is 0.296. The predicted molar refractivity (Wildman–Crippen MR) is 67.2 cm³/mol. The summed E-state index contributed by atoms with van der Waals surface area (Å²) in [6.07, 6.45) is 8.82. The van der Waals surface area contributed by atoms with Gasteiger partial charge >= 0.3 is 0 Å². The molecular formula is C15H20O. The van der Waals surface area contributed by atoms with Crippen LogP contribution in [0.15, 0.2) is 36.4 Å². The van der Waals surface area contributed by atoms with Gasteiger partial charge in [0.25, 0.3) is 0 Å². The second kappa shape index (κ2) is 5.31. The van der Waals surface area contributed by atoms with Crippen LogP contribution in [0.3, 0.4) is 0 Å². The van der Waals surface area contributed by atoms with Crippen LogP contribution >= 0.6 is 0 Å². The lowest BCUT2D eigenvalue weighted by molar-refractivity contribution is 0.126. The molecule has 1 aromatic rings. The minimum atomic E-state index is -0.338. The van der Waals surface area contributed by atoms with Gasteiger partial charge in [-0.25, -0.2) is 0 Å². The first-order valence-corrected chi connectivity index (χ1v) is 6.18. The zero-order chi connectivity index (χ0) is 11.4. The third-order valence-electron chi connectivity index (χ3n) is 3.37. The first-order valence-electron chi connectivity index (χ1n) is 6.18. The Kier molecular flexibility index (Phi) is 3.79. The van der Waals surface area contributed by atoms with Gasteiger partial charge in [0, 0.05) is 5.92 Å². The number of hydrogen-bond acceptors (Lipinski definition) is 1. The van der Waals surface area contributed by atoms with Crippen molar-refractivity contribution in [2.24, 2.45) is 5.92 Å². The summed E-state index contributed by atoms with van der Waals surface area (Å²) >= 11 is 0. The van der Waals surface area contributed by atoms with E-state index < -0.39 is 0 Å². The fourth-order valence-electron chi connectivity index (χ4n) is 2.28. The van der Waals surface area contributed by atoms with Gasteiger partial charge in [-0.2, -0.15) is 0 Å². The lowest BCUT2D eigenvalue weighted by atomic mass is 9.92. The second-order valence-corrected chi connectivity index (χ2v) is 4.73. The number of aliphatic hydroxyl groups excluding tert-OH is 1. The topological polar surface area (TPSA) is 20.2 Å². The average molecular weight is 216 g/mol. The largest absolute Gasteiger partial charge is 0.388 e. The van der Waals surface area contributed by atoms with Gasteiger partial charge in [-0.3, -0.25) is 0 Å². The number of aliphatic hydroxyl groups is 1. The number of hydrogen-bond donors (Lipinski definition) is 1. The highest BCUT2D eigenvalue weighted by Gasteiger charge is 2.18. The Hall–Kier alpha value is -1.08. The van der Waals surface area contributed by atoms with Crippen LogP contribution in [0.5, 0.6) is 0 Å². The summed E-state index contributed by atoms with van der Waals surface area (Å²) in [5.41, 5.74) is 2.29. The third-order valence-corrected chi connectivity index (χ3v) is 3.37. The first-order chi connectivity index (χ1) is 7.77. The molecule has 1 heteroatoms. The molecule has 1 aliphatic carbocycles. The van der Waals surface area contributed by atoms with Crippen molar-refractivity contribution in [3.05, 3.63) is 47.5 Å². The molecule has 0 saturated carbocycles. The van der Waals surface area contributed by atoms with E-state index in [2.05, 4.69) is 31.2 Å². The Balaban J connectivity index is 2.11. The Morgan fingerprint density at radius 3 is 2.69 bits per heavy atom. The molecule has 1 aromatic carbocycles. The maximum atomic E-state index is 10.3. The lowest BCUT2D eigenvalue weighted by Gasteiger charge is -2.19. The molecule has 0 heterocycles. The van der Waals surface area contributed by atoms with Gasteiger partial charge in [-0.15, -0.1) is 0 Å². The van der Waals surface area contributed by atoms with Crippen LogP contribution in [-0.4, -0.2) is 5.11 Å². The molecule has 0 aliphatic heterocycles. The van der Waals surface area contributed by atoms with Crippen LogP contribution < -0.4 is 0 Å². The molecule has 0 radical (unpaired) electrons. The van der Waals surface area contributed by atoms with Gasteiger partial charge < -0.3 is 5.11 Å². The van der Waals surface area contributed by atoms with E-state index in [1.807, 2.05) is 12.1 Å². The van der Waals surface area contributed by atoms with Crippen molar-refractivity contribution in [1.82, 2.24) is 0 Å². The maximum Gasteiger partial charge on any atom is 0.0852 e. The normalized spacial score (nSPS) is 22.8. The molecule has 0 saturated heterocycles. The van der Waals surface area contributed by atoms with Gasteiger partial charge in [0.2, 0.25) is 0 Å².